The Morgan fingerprint density at radius 3 is 2.20 bits per heavy atom. The van der Waals surface area contributed by atoms with Gasteiger partial charge in [-0.1, -0.05) is 77.8 Å². The van der Waals surface area contributed by atoms with Gasteiger partial charge in [0.05, 0.1) is 23.3 Å². The summed E-state index contributed by atoms with van der Waals surface area (Å²) in [5.74, 6) is 0.273. The number of methoxy groups -OCH3 is 1. The summed E-state index contributed by atoms with van der Waals surface area (Å²) in [5.41, 5.74) is 4.73. The number of carbonyl (C=O) groups is 1. The predicted octanol–water partition coefficient (Wildman–Crippen LogP) is 7.82. The van der Waals surface area contributed by atoms with Crippen LogP contribution in [-0.2, 0) is 16.6 Å². The first-order valence-electron chi connectivity index (χ1n) is 14.0. The Morgan fingerprint density at radius 2 is 1.52 bits per heavy atom. The largest absolute Gasteiger partial charge is 0.497 e. The van der Waals surface area contributed by atoms with E-state index in [1.54, 1.807) is 42.3 Å². The minimum atomic E-state index is -4.03. The van der Waals surface area contributed by atoms with E-state index in [0.29, 0.717) is 34.4 Å². The van der Waals surface area contributed by atoms with Gasteiger partial charge in [-0.05, 0) is 73.2 Å². The van der Waals surface area contributed by atoms with Gasteiger partial charge in [-0.15, -0.1) is 0 Å². The predicted molar refractivity (Wildman–Crippen MR) is 175 cm³/mol. The van der Waals surface area contributed by atoms with E-state index in [2.05, 4.69) is 9.62 Å². The maximum Gasteiger partial charge on any atom is 0.262 e. The first-order chi connectivity index (χ1) is 21.2. The van der Waals surface area contributed by atoms with E-state index in [9.17, 15) is 13.2 Å². The zero-order valence-corrected chi connectivity index (χ0v) is 25.7. The molecule has 0 aliphatic carbocycles. The number of nitrogens with zero attached hydrogens (tertiary/aromatic N) is 2. The molecule has 1 amide bonds. The van der Waals surface area contributed by atoms with Gasteiger partial charge >= 0.3 is 0 Å². The quantitative estimate of drug-likeness (QED) is 0.191. The fraction of sp³-hybridized carbons (Fsp3) is 0.114. The summed E-state index contributed by atoms with van der Waals surface area (Å²) < 4.78 is 34.9. The standard InChI is InChI=1S/C35H30ClN3O4S/c1-24-12-16-27(17-13-24)39-34(30-10-6-7-11-32(30)36)38(23-25-8-4-3-5-9-25)33-21-20-29(22-31(33)35(39)40)44(41,42)37-26-14-18-28(43-2)19-15-26/h3-22,34,37H,23H2,1-2H3/t34-/m0/s1. The highest BCUT2D eigenvalue weighted by Crippen LogP contribution is 2.44. The highest BCUT2D eigenvalue weighted by molar-refractivity contribution is 7.92. The van der Waals surface area contributed by atoms with Crippen molar-refractivity contribution in [1.82, 2.24) is 0 Å². The molecule has 5 aromatic carbocycles. The molecule has 0 aromatic heterocycles. The van der Waals surface area contributed by atoms with Crippen LogP contribution in [0.2, 0.25) is 5.02 Å². The summed E-state index contributed by atoms with van der Waals surface area (Å²) in [6, 6.07) is 36.4. The van der Waals surface area contributed by atoms with Crippen molar-refractivity contribution >= 4 is 44.6 Å². The molecule has 0 radical (unpaired) electrons. The Morgan fingerprint density at radius 1 is 0.841 bits per heavy atom. The molecule has 0 unspecified atom stereocenters. The van der Waals surface area contributed by atoms with Crippen LogP contribution in [-0.4, -0.2) is 21.4 Å². The average Bonchev–Trinajstić information content (AvgIpc) is 3.04. The molecule has 5 aromatic rings. The van der Waals surface area contributed by atoms with Crippen molar-refractivity contribution in [2.45, 2.75) is 24.5 Å². The lowest BCUT2D eigenvalue weighted by Crippen LogP contribution is -2.49. The van der Waals surface area contributed by atoms with Crippen LogP contribution in [0.3, 0.4) is 0 Å². The van der Waals surface area contributed by atoms with Gasteiger partial charge in [0.1, 0.15) is 11.9 Å². The lowest BCUT2D eigenvalue weighted by Gasteiger charge is -2.46. The van der Waals surface area contributed by atoms with Gasteiger partial charge in [0.15, 0.2) is 0 Å². The lowest BCUT2D eigenvalue weighted by molar-refractivity contribution is 0.0968. The van der Waals surface area contributed by atoms with E-state index < -0.39 is 16.2 Å². The minimum absolute atomic E-state index is 0.0277. The third-order valence-corrected chi connectivity index (χ3v) is 9.33. The Balaban J connectivity index is 1.51. The van der Waals surface area contributed by atoms with Crippen molar-refractivity contribution in [3.8, 4) is 5.75 Å². The van der Waals surface area contributed by atoms with Crippen molar-refractivity contribution in [2.75, 3.05) is 21.6 Å². The SMILES string of the molecule is COc1ccc(NS(=O)(=O)c2ccc3c(c2)C(=O)N(c2ccc(C)cc2)[C@@H](c2ccccc2Cl)N3Cc2ccccc2)cc1. The molecule has 6 rings (SSSR count). The molecule has 7 nitrogen and oxygen atoms in total. The van der Waals surface area contributed by atoms with E-state index in [1.807, 2.05) is 85.8 Å². The zero-order chi connectivity index (χ0) is 30.8. The molecule has 0 fully saturated rings. The third-order valence-electron chi connectivity index (χ3n) is 7.61. The van der Waals surface area contributed by atoms with E-state index in [-0.39, 0.29) is 16.4 Å². The van der Waals surface area contributed by atoms with Gasteiger partial charge in [0.25, 0.3) is 15.9 Å². The Kier molecular flexibility index (Phi) is 8.03. The topological polar surface area (TPSA) is 78.9 Å². The maximum atomic E-state index is 14.5. The second-order valence-electron chi connectivity index (χ2n) is 10.5. The number of ether oxygens (including phenoxy) is 1. The van der Waals surface area contributed by atoms with Crippen LogP contribution in [0.15, 0.2) is 126 Å². The van der Waals surface area contributed by atoms with E-state index in [0.717, 1.165) is 16.7 Å². The van der Waals surface area contributed by atoms with Crippen LogP contribution in [0.1, 0.15) is 33.2 Å². The number of sulfonamides is 1. The smallest absolute Gasteiger partial charge is 0.262 e. The third kappa shape index (κ3) is 5.74. The van der Waals surface area contributed by atoms with Crippen molar-refractivity contribution in [1.29, 1.82) is 0 Å². The highest BCUT2D eigenvalue weighted by atomic mass is 35.5. The number of rotatable bonds is 8. The molecule has 1 heterocycles. The minimum Gasteiger partial charge on any atom is -0.497 e. The molecule has 0 saturated heterocycles. The summed E-state index contributed by atoms with van der Waals surface area (Å²) in [4.78, 5) is 18.3. The van der Waals surface area contributed by atoms with E-state index in [1.165, 1.54) is 12.1 Å². The number of benzene rings is 5. The van der Waals surface area contributed by atoms with Crippen LogP contribution in [0.5, 0.6) is 5.75 Å². The van der Waals surface area contributed by atoms with Crippen LogP contribution >= 0.6 is 11.6 Å². The number of amides is 1. The molecular weight excluding hydrogens is 594 g/mol. The number of halogens is 1. The molecule has 222 valence electrons. The van der Waals surface area contributed by atoms with Gasteiger partial charge in [-0.2, -0.15) is 0 Å². The summed E-state index contributed by atoms with van der Waals surface area (Å²) in [6.45, 7) is 2.42. The van der Waals surface area contributed by atoms with Crippen molar-refractivity contribution in [3.05, 3.63) is 149 Å². The molecule has 1 atom stereocenters. The fourth-order valence-electron chi connectivity index (χ4n) is 5.40. The normalized spacial score (nSPS) is 14.7. The van der Waals surface area contributed by atoms with Crippen molar-refractivity contribution in [3.63, 3.8) is 0 Å². The second kappa shape index (κ2) is 12.1. The first-order valence-corrected chi connectivity index (χ1v) is 15.9. The van der Waals surface area contributed by atoms with Gasteiger partial charge in [0.2, 0.25) is 0 Å². The number of nitrogens with one attached hydrogen (secondary N) is 1. The van der Waals surface area contributed by atoms with Gasteiger partial charge in [-0.3, -0.25) is 14.4 Å². The summed E-state index contributed by atoms with van der Waals surface area (Å²) in [7, 11) is -2.49. The zero-order valence-electron chi connectivity index (χ0n) is 24.1. The number of aryl methyl sites for hydroxylation is 1. The van der Waals surface area contributed by atoms with Crippen LogP contribution < -0.4 is 19.3 Å². The number of anilines is 3. The van der Waals surface area contributed by atoms with Crippen molar-refractivity contribution < 1.29 is 17.9 Å². The van der Waals surface area contributed by atoms with Crippen molar-refractivity contribution in [2.24, 2.45) is 0 Å². The van der Waals surface area contributed by atoms with Crippen LogP contribution in [0.4, 0.5) is 17.1 Å². The number of hydrogen-bond donors (Lipinski definition) is 1. The summed E-state index contributed by atoms with van der Waals surface area (Å²) in [6.07, 6.45) is -0.605. The van der Waals surface area contributed by atoms with Crippen LogP contribution in [0.25, 0.3) is 0 Å². The molecule has 0 bridgehead atoms. The number of fused-ring (bicyclic) bond motifs is 1. The van der Waals surface area contributed by atoms with Gasteiger partial charge in [-0.25, -0.2) is 8.42 Å². The Labute approximate surface area is 262 Å². The summed E-state index contributed by atoms with van der Waals surface area (Å²) in [5, 5.41) is 0.520. The number of carbonyl (C=O) groups excluding carboxylic acids is 1. The molecular formula is C35H30ClN3O4S. The molecule has 1 aliphatic rings. The van der Waals surface area contributed by atoms with Crippen LogP contribution in [0, 0.1) is 6.92 Å². The van der Waals surface area contributed by atoms with E-state index in [4.69, 9.17) is 16.3 Å². The lowest BCUT2D eigenvalue weighted by atomic mass is 9.99. The number of hydrogen-bond acceptors (Lipinski definition) is 5. The Hall–Kier alpha value is -4.79. The fourth-order valence-corrected chi connectivity index (χ4v) is 6.71. The molecule has 0 spiro atoms. The Bertz CT molecular complexity index is 1910. The van der Waals surface area contributed by atoms with E-state index >= 15 is 0 Å². The highest BCUT2D eigenvalue weighted by Gasteiger charge is 2.41. The molecule has 9 heteroatoms. The first kappa shape index (κ1) is 29.3. The molecule has 1 N–H and O–H groups in total. The molecule has 44 heavy (non-hydrogen) atoms. The molecule has 1 aliphatic heterocycles. The van der Waals surface area contributed by atoms with Gasteiger partial charge in [0, 0.05) is 28.5 Å². The molecule has 0 saturated carbocycles. The van der Waals surface area contributed by atoms with Gasteiger partial charge < -0.3 is 9.64 Å². The summed E-state index contributed by atoms with van der Waals surface area (Å²) >= 11 is 6.80. The monoisotopic (exact) mass is 623 g/mol. The maximum absolute atomic E-state index is 14.5. The average molecular weight is 624 g/mol. The second-order valence-corrected chi connectivity index (χ2v) is 12.6.